The van der Waals surface area contributed by atoms with Gasteiger partial charge in [-0.3, -0.25) is 4.79 Å². The SMILES string of the molecule is C=C1NC(=O)NC(C(=O)N[C@H](C)COc2ccc(Cl)cc2OC)=C1N. The number of ether oxygens (including phenoxy) is 2. The van der Waals surface area contributed by atoms with E-state index in [2.05, 4.69) is 22.5 Å². The van der Waals surface area contributed by atoms with Crippen molar-refractivity contribution >= 4 is 23.5 Å². The number of rotatable bonds is 6. The van der Waals surface area contributed by atoms with E-state index in [-0.39, 0.29) is 29.7 Å². The predicted molar refractivity (Wildman–Crippen MR) is 93.1 cm³/mol. The van der Waals surface area contributed by atoms with Crippen molar-refractivity contribution in [3.8, 4) is 11.5 Å². The Labute approximate surface area is 150 Å². The summed E-state index contributed by atoms with van der Waals surface area (Å²) in [5.41, 5.74) is 5.95. The van der Waals surface area contributed by atoms with E-state index in [1.54, 1.807) is 25.1 Å². The molecule has 134 valence electrons. The number of benzene rings is 1. The molecule has 1 aliphatic heterocycles. The van der Waals surface area contributed by atoms with Crippen LogP contribution in [0.1, 0.15) is 6.92 Å². The van der Waals surface area contributed by atoms with E-state index in [0.717, 1.165) is 0 Å². The lowest BCUT2D eigenvalue weighted by Crippen LogP contribution is -2.49. The third kappa shape index (κ3) is 4.57. The average molecular weight is 367 g/mol. The molecular formula is C16H19ClN4O4. The summed E-state index contributed by atoms with van der Waals surface area (Å²) in [6.07, 6.45) is 0. The third-order valence-corrected chi connectivity index (χ3v) is 3.55. The Hall–Kier alpha value is -2.87. The molecule has 25 heavy (non-hydrogen) atoms. The summed E-state index contributed by atoms with van der Waals surface area (Å²) < 4.78 is 10.8. The summed E-state index contributed by atoms with van der Waals surface area (Å²) in [5.74, 6) is 0.447. The van der Waals surface area contributed by atoms with Gasteiger partial charge in [0.05, 0.1) is 24.5 Å². The lowest BCUT2D eigenvalue weighted by atomic mass is 10.2. The zero-order valence-electron chi connectivity index (χ0n) is 13.8. The van der Waals surface area contributed by atoms with Crippen LogP contribution in [0, 0.1) is 0 Å². The maximum absolute atomic E-state index is 12.3. The quantitative estimate of drug-likeness (QED) is 0.604. The number of nitrogens with two attached hydrogens (primary N) is 1. The molecule has 1 atom stereocenters. The van der Waals surface area contributed by atoms with Crippen LogP contribution in [0.25, 0.3) is 0 Å². The van der Waals surface area contributed by atoms with Crippen LogP contribution in [0.3, 0.4) is 0 Å². The molecule has 2 rings (SSSR count). The molecule has 0 radical (unpaired) electrons. The molecule has 5 N–H and O–H groups in total. The summed E-state index contributed by atoms with van der Waals surface area (Å²) in [6, 6.07) is 4.03. The molecule has 1 aromatic carbocycles. The molecule has 0 saturated heterocycles. The van der Waals surface area contributed by atoms with Crippen LogP contribution in [-0.2, 0) is 4.79 Å². The topological polar surface area (TPSA) is 115 Å². The van der Waals surface area contributed by atoms with E-state index in [1.807, 2.05) is 0 Å². The van der Waals surface area contributed by atoms with Gasteiger partial charge in [-0.2, -0.15) is 0 Å². The van der Waals surface area contributed by atoms with E-state index in [4.69, 9.17) is 26.8 Å². The van der Waals surface area contributed by atoms with Crippen molar-refractivity contribution in [2.45, 2.75) is 13.0 Å². The molecule has 1 aromatic rings. The van der Waals surface area contributed by atoms with Gasteiger partial charge in [0, 0.05) is 11.1 Å². The highest BCUT2D eigenvalue weighted by atomic mass is 35.5. The molecule has 0 aliphatic carbocycles. The summed E-state index contributed by atoms with van der Waals surface area (Å²) >= 11 is 5.89. The molecule has 9 heteroatoms. The second kappa shape index (κ2) is 7.80. The Morgan fingerprint density at radius 3 is 2.80 bits per heavy atom. The fraction of sp³-hybridized carbons (Fsp3) is 0.250. The van der Waals surface area contributed by atoms with Gasteiger partial charge in [-0.05, 0) is 19.1 Å². The van der Waals surface area contributed by atoms with Crippen LogP contribution in [0.15, 0.2) is 41.9 Å². The fourth-order valence-corrected chi connectivity index (χ4v) is 2.22. The molecule has 1 heterocycles. The Bertz CT molecular complexity index is 748. The molecule has 0 unspecified atom stereocenters. The number of halogens is 1. The first-order valence-corrected chi connectivity index (χ1v) is 7.73. The monoisotopic (exact) mass is 366 g/mol. The van der Waals surface area contributed by atoms with Crippen molar-refractivity contribution in [2.75, 3.05) is 13.7 Å². The van der Waals surface area contributed by atoms with Crippen molar-refractivity contribution in [1.29, 1.82) is 0 Å². The Morgan fingerprint density at radius 2 is 2.12 bits per heavy atom. The fourth-order valence-electron chi connectivity index (χ4n) is 2.06. The zero-order chi connectivity index (χ0) is 18.6. The van der Waals surface area contributed by atoms with Crippen LogP contribution in [0.4, 0.5) is 4.79 Å². The highest BCUT2D eigenvalue weighted by Gasteiger charge is 2.24. The lowest BCUT2D eigenvalue weighted by Gasteiger charge is -2.22. The molecule has 1 aliphatic rings. The minimum atomic E-state index is -0.570. The first-order chi connectivity index (χ1) is 11.8. The maximum atomic E-state index is 12.3. The number of hydrogen-bond donors (Lipinski definition) is 4. The second-order valence-electron chi connectivity index (χ2n) is 5.33. The smallest absolute Gasteiger partial charge is 0.323 e. The van der Waals surface area contributed by atoms with Crippen molar-refractivity contribution in [3.05, 3.63) is 46.9 Å². The highest BCUT2D eigenvalue weighted by molar-refractivity contribution is 6.30. The van der Waals surface area contributed by atoms with Crippen molar-refractivity contribution in [2.24, 2.45) is 5.73 Å². The zero-order valence-corrected chi connectivity index (χ0v) is 14.6. The Kier molecular flexibility index (Phi) is 5.76. The molecule has 8 nitrogen and oxygen atoms in total. The van der Waals surface area contributed by atoms with Gasteiger partial charge in [0.15, 0.2) is 11.5 Å². The van der Waals surface area contributed by atoms with Crippen molar-refractivity contribution in [3.63, 3.8) is 0 Å². The van der Waals surface area contributed by atoms with Gasteiger partial charge in [-0.15, -0.1) is 0 Å². The first-order valence-electron chi connectivity index (χ1n) is 7.36. The van der Waals surface area contributed by atoms with Crippen LogP contribution >= 0.6 is 11.6 Å². The maximum Gasteiger partial charge on any atom is 0.323 e. The summed E-state index contributed by atoms with van der Waals surface area (Å²) in [4.78, 5) is 23.7. The summed E-state index contributed by atoms with van der Waals surface area (Å²) in [6.45, 7) is 5.49. The first kappa shape index (κ1) is 18.5. The standard InChI is InChI=1S/C16H19ClN4O4/c1-8(7-25-11-5-4-10(17)6-12(11)24-3)19-15(22)14-13(18)9(2)20-16(23)21-14/h4-6,8H,2,7,18H2,1,3H3,(H,19,22)(H2,20,21,23)/t8-/m1/s1. The van der Waals surface area contributed by atoms with Gasteiger partial charge in [0.1, 0.15) is 12.3 Å². The normalized spacial score (nSPS) is 15.2. The summed E-state index contributed by atoms with van der Waals surface area (Å²) in [7, 11) is 1.51. The number of methoxy groups -OCH3 is 1. The average Bonchev–Trinajstić information content (AvgIpc) is 2.56. The van der Waals surface area contributed by atoms with Gasteiger partial charge in [0.25, 0.3) is 5.91 Å². The molecule has 0 fully saturated rings. The Balaban J connectivity index is 1.97. The van der Waals surface area contributed by atoms with E-state index in [0.29, 0.717) is 16.5 Å². The summed E-state index contributed by atoms with van der Waals surface area (Å²) in [5, 5.41) is 7.94. The number of hydrogen-bond acceptors (Lipinski definition) is 5. The number of amides is 3. The largest absolute Gasteiger partial charge is 0.493 e. The van der Waals surface area contributed by atoms with Gasteiger partial charge in [0.2, 0.25) is 0 Å². The number of urea groups is 1. The predicted octanol–water partition coefficient (Wildman–Crippen LogP) is 1.23. The van der Waals surface area contributed by atoms with Gasteiger partial charge in [-0.1, -0.05) is 18.2 Å². The Morgan fingerprint density at radius 1 is 1.40 bits per heavy atom. The van der Waals surface area contributed by atoms with E-state index in [9.17, 15) is 9.59 Å². The number of carbonyl (C=O) groups is 2. The van der Waals surface area contributed by atoms with Crippen LogP contribution in [-0.4, -0.2) is 31.7 Å². The second-order valence-corrected chi connectivity index (χ2v) is 5.76. The van der Waals surface area contributed by atoms with E-state index >= 15 is 0 Å². The molecule has 0 spiro atoms. The third-order valence-electron chi connectivity index (χ3n) is 3.32. The van der Waals surface area contributed by atoms with Crippen LogP contribution in [0.2, 0.25) is 5.02 Å². The van der Waals surface area contributed by atoms with Crippen molar-refractivity contribution in [1.82, 2.24) is 16.0 Å². The van der Waals surface area contributed by atoms with Gasteiger partial charge in [-0.25, -0.2) is 4.79 Å². The van der Waals surface area contributed by atoms with E-state index in [1.165, 1.54) is 7.11 Å². The van der Waals surface area contributed by atoms with Gasteiger partial charge >= 0.3 is 6.03 Å². The molecular weight excluding hydrogens is 348 g/mol. The van der Waals surface area contributed by atoms with Gasteiger partial charge < -0.3 is 31.2 Å². The molecule has 3 amide bonds. The van der Waals surface area contributed by atoms with E-state index < -0.39 is 11.9 Å². The van der Waals surface area contributed by atoms with Crippen LogP contribution in [0.5, 0.6) is 11.5 Å². The molecule has 0 saturated carbocycles. The van der Waals surface area contributed by atoms with Crippen LogP contribution < -0.4 is 31.2 Å². The lowest BCUT2D eigenvalue weighted by molar-refractivity contribution is -0.118. The minimum absolute atomic E-state index is 0.0512. The molecule has 0 bridgehead atoms. The number of carbonyl (C=O) groups excluding carboxylic acids is 2. The molecule has 0 aromatic heterocycles. The van der Waals surface area contributed by atoms with Crippen molar-refractivity contribution < 1.29 is 19.1 Å². The number of nitrogens with one attached hydrogen (secondary N) is 3. The highest BCUT2D eigenvalue weighted by Crippen LogP contribution is 2.30. The minimum Gasteiger partial charge on any atom is -0.493 e.